The average molecular weight is 437 g/mol. The van der Waals surface area contributed by atoms with Crippen LogP contribution in [-0.2, 0) is 16.0 Å². The molecule has 1 fully saturated rings. The first-order chi connectivity index (χ1) is 15.5. The molecule has 1 atom stereocenters. The lowest BCUT2D eigenvalue weighted by atomic mass is 9.93. The third-order valence-corrected chi connectivity index (χ3v) is 6.31. The summed E-state index contributed by atoms with van der Waals surface area (Å²) < 4.78 is 5.22. The fraction of sp³-hybridized carbons (Fsp3) is 0.481. The van der Waals surface area contributed by atoms with E-state index in [1.165, 1.54) is 5.56 Å². The first-order valence-electron chi connectivity index (χ1n) is 11.8. The fourth-order valence-electron chi connectivity index (χ4n) is 4.39. The van der Waals surface area contributed by atoms with E-state index in [1.807, 2.05) is 36.1 Å². The van der Waals surface area contributed by atoms with E-state index in [4.69, 9.17) is 4.74 Å². The molecule has 1 aliphatic rings. The Morgan fingerprint density at radius 1 is 1.09 bits per heavy atom. The molecule has 172 valence electrons. The largest absolute Gasteiger partial charge is 0.497 e. The maximum atomic E-state index is 12.7. The van der Waals surface area contributed by atoms with E-state index < -0.39 is 0 Å². The minimum Gasteiger partial charge on any atom is -0.497 e. The fourth-order valence-corrected chi connectivity index (χ4v) is 4.39. The Hall–Kier alpha value is -2.82. The van der Waals surface area contributed by atoms with Gasteiger partial charge in [-0.05, 0) is 80.7 Å². The molecule has 0 radical (unpaired) electrons. The van der Waals surface area contributed by atoms with Gasteiger partial charge in [0.25, 0.3) is 0 Å². The Morgan fingerprint density at radius 3 is 2.66 bits per heavy atom. The van der Waals surface area contributed by atoms with Crippen molar-refractivity contribution in [3.05, 3.63) is 59.7 Å². The Morgan fingerprint density at radius 2 is 1.91 bits per heavy atom. The molecule has 5 heteroatoms. The number of methoxy groups -OCH3 is 1. The number of ether oxygens (including phenoxy) is 1. The third kappa shape index (κ3) is 7.40. The predicted molar refractivity (Wildman–Crippen MR) is 129 cm³/mol. The highest BCUT2D eigenvalue weighted by Gasteiger charge is 2.23. The number of likely N-dealkylation sites (tertiary alicyclic amines) is 1. The zero-order valence-electron chi connectivity index (χ0n) is 19.4. The van der Waals surface area contributed by atoms with Crippen LogP contribution in [0.5, 0.6) is 5.75 Å². The smallest absolute Gasteiger partial charge is 0.224 e. The molecular weight excluding hydrogens is 400 g/mol. The number of piperidine rings is 1. The Kier molecular flexibility index (Phi) is 9.14. The standard InChI is InChI=1S/C27H36N2O3/c1-21-19-24(32-2)15-16-25(21)28-26(30)17-14-23-12-8-18-29(20-23)27(31)13-7-6-11-22-9-4-3-5-10-22/h3-5,9-10,15-16,19,23H,6-8,11-14,17-18,20H2,1-2H3,(H,28,30). The number of hydrogen-bond acceptors (Lipinski definition) is 3. The van der Waals surface area contributed by atoms with Crippen molar-refractivity contribution in [1.29, 1.82) is 0 Å². The molecule has 0 spiro atoms. The number of nitrogens with one attached hydrogen (secondary N) is 1. The summed E-state index contributed by atoms with van der Waals surface area (Å²) in [5.41, 5.74) is 3.15. The maximum Gasteiger partial charge on any atom is 0.224 e. The van der Waals surface area contributed by atoms with Crippen LogP contribution < -0.4 is 10.1 Å². The summed E-state index contributed by atoms with van der Waals surface area (Å²) in [6.45, 7) is 3.60. The molecule has 1 N–H and O–H groups in total. The molecule has 0 aromatic heterocycles. The highest BCUT2D eigenvalue weighted by molar-refractivity contribution is 5.91. The number of benzene rings is 2. The van der Waals surface area contributed by atoms with Gasteiger partial charge in [-0.25, -0.2) is 0 Å². The molecule has 32 heavy (non-hydrogen) atoms. The average Bonchev–Trinajstić information content (AvgIpc) is 2.82. The molecule has 5 nitrogen and oxygen atoms in total. The number of unbranched alkanes of at least 4 members (excludes halogenated alkanes) is 1. The van der Waals surface area contributed by atoms with Gasteiger partial charge in [-0.1, -0.05) is 30.3 Å². The summed E-state index contributed by atoms with van der Waals surface area (Å²) >= 11 is 0. The van der Waals surface area contributed by atoms with Crippen LogP contribution in [0.2, 0.25) is 0 Å². The van der Waals surface area contributed by atoms with Crippen molar-refractivity contribution in [2.45, 2.75) is 58.3 Å². The van der Waals surface area contributed by atoms with Gasteiger partial charge in [0.05, 0.1) is 7.11 Å². The Labute approximate surface area is 192 Å². The SMILES string of the molecule is COc1ccc(NC(=O)CCC2CCCN(C(=O)CCCCc3ccccc3)C2)c(C)c1. The van der Waals surface area contributed by atoms with Gasteiger partial charge >= 0.3 is 0 Å². The summed E-state index contributed by atoms with van der Waals surface area (Å²) in [6, 6.07) is 16.1. The van der Waals surface area contributed by atoms with Gasteiger partial charge < -0.3 is 15.0 Å². The number of nitrogens with zero attached hydrogens (tertiary/aromatic N) is 1. The summed E-state index contributed by atoms with van der Waals surface area (Å²) in [5.74, 6) is 1.48. The second-order valence-electron chi connectivity index (χ2n) is 8.81. The minimum absolute atomic E-state index is 0.0302. The summed E-state index contributed by atoms with van der Waals surface area (Å²) in [5, 5.41) is 3.01. The van der Waals surface area contributed by atoms with Gasteiger partial charge in [0, 0.05) is 31.6 Å². The van der Waals surface area contributed by atoms with Gasteiger partial charge in [0.1, 0.15) is 5.75 Å². The molecule has 1 heterocycles. The monoisotopic (exact) mass is 436 g/mol. The molecule has 1 unspecified atom stereocenters. The zero-order valence-corrected chi connectivity index (χ0v) is 19.4. The molecule has 1 saturated heterocycles. The summed E-state index contributed by atoms with van der Waals surface area (Å²) in [4.78, 5) is 27.1. The molecule has 0 saturated carbocycles. The van der Waals surface area contributed by atoms with Gasteiger partial charge in [0.2, 0.25) is 11.8 Å². The first-order valence-corrected chi connectivity index (χ1v) is 11.8. The topological polar surface area (TPSA) is 58.6 Å². The van der Waals surface area contributed by atoms with E-state index in [9.17, 15) is 9.59 Å². The van der Waals surface area contributed by atoms with Crippen LogP contribution in [0, 0.1) is 12.8 Å². The van der Waals surface area contributed by atoms with Crippen molar-refractivity contribution >= 4 is 17.5 Å². The number of hydrogen-bond donors (Lipinski definition) is 1. The lowest BCUT2D eigenvalue weighted by Gasteiger charge is -2.33. The van der Waals surface area contributed by atoms with Crippen LogP contribution in [0.4, 0.5) is 5.69 Å². The number of carbonyl (C=O) groups excluding carboxylic acids is 2. The van der Waals surface area contributed by atoms with E-state index in [0.29, 0.717) is 18.8 Å². The highest BCUT2D eigenvalue weighted by atomic mass is 16.5. The van der Waals surface area contributed by atoms with E-state index in [2.05, 4.69) is 29.6 Å². The summed E-state index contributed by atoms with van der Waals surface area (Å²) in [7, 11) is 1.63. The van der Waals surface area contributed by atoms with Crippen LogP contribution in [0.25, 0.3) is 0 Å². The lowest BCUT2D eigenvalue weighted by molar-refractivity contribution is -0.133. The molecule has 0 aliphatic carbocycles. The number of aryl methyl sites for hydroxylation is 2. The molecule has 2 aromatic carbocycles. The molecule has 2 amide bonds. The maximum absolute atomic E-state index is 12.7. The lowest BCUT2D eigenvalue weighted by Crippen LogP contribution is -2.40. The van der Waals surface area contributed by atoms with E-state index in [0.717, 1.165) is 68.6 Å². The van der Waals surface area contributed by atoms with E-state index in [-0.39, 0.29) is 11.8 Å². The van der Waals surface area contributed by atoms with Crippen molar-refractivity contribution in [1.82, 2.24) is 4.90 Å². The van der Waals surface area contributed by atoms with Crippen molar-refractivity contribution in [3.63, 3.8) is 0 Å². The van der Waals surface area contributed by atoms with Crippen LogP contribution in [0.1, 0.15) is 56.1 Å². The van der Waals surface area contributed by atoms with E-state index in [1.54, 1.807) is 7.11 Å². The van der Waals surface area contributed by atoms with Crippen molar-refractivity contribution in [2.75, 3.05) is 25.5 Å². The van der Waals surface area contributed by atoms with Gasteiger partial charge in [-0.15, -0.1) is 0 Å². The normalized spacial score (nSPS) is 15.9. The Bertz CT molecular complexity index is 882. The second-order valence-corrected chi connectivity index (χ2v) is 8.81. The predicted octanol–water partition coefficient (Wildman–Crippen LogP) is 5.37. The number of amides is 2. The van der Waals surface area contributed by atoms with Crippen molar-refractivity contribution in [3.8, 4) is 5.75 Å². The van der Waals surface area contributed by atoms with Crippen LogP contribution in [-0.4, -0.2) is 36.9 Å². The van der Waals surface area contributed by atoms with Crippen LogP contribution >= 0.6 is 0 Å². The number of anilines is 1. The number of rotatable bonds is 10. The van der Waals surface area contributed by atoms with Crippen molar-refractivity contribution < 1.29 is 14.3 Å². The van der Waals surface area contributed by atoms with Crippen LogP contribution in [0.3, 0.4) is 0 Å². The first kappa shape index (κ1) is 23.8. The molecule has 1 aliphatic heterocycles. The molecule has 0 bridgehead atoms. The molecule has 2 aromatic rings. The highest BCUT2D eigenvalue weighted by Crippen LogP contribution is 2.24. The van der Waals surface area contributed by atoms with Gasteiger partial charge in [0.15, 0.2) is 0 Å². The minimum atomic E-state index is 0.0302. The quantitative estimate of drug-likeness (QED) is 0.509. The molecular formula is C27H36N2O3. The van der Waals surface area contributed by atoms with E-state index >= 15 is 0 Å². The molecule has 3 rings (SSSR count). The van der Waals surface area contributed by atoms with Gasteiger partial charge in [-0.2, -0.15) is 0 Å². The van der Waals surface area contributed by atoms with Crippen molar-refractivity contribution in [2.24, 2.45) is 5.92 Å². The van der Waals surface area contributed by atoms with Crippen LogP contribution in [0.15, 0.2) is 48.5 Å². The number of carbonyl (C=O) groups is 2. The third-order valence-electron chi connectivity index (χ3n) is 6.31. The summed E-state index contributed by atoms with van der Waals surface area (Å²) in [6.07, 6.45) is 7.03. The Balaban J connectivity index is 1.36. The second kappa shape index (κ2) is 12.3. The zero-order chi connectivity index (χ0) is 22.8. The van der Waals surface area contributed by atoms with Gasteiger partial charge in [-0.3, -0.25) is 9.59 Å².